The average Bonchev–Trinajstić information content (AvgIpc) is 2.15. The Hall–Kier alpha value is -1.02. The molecule has 0 heterocycles. The van der Waals surface area contributed by atoms with Gasteiger partial charge in [-0.05, 0) is 50.6 Å². The summed E-state index contributed by atoms with van der Waals surface area (Å²) >= 11 is 0. The fraction of sp³-hybridized carbons (Fsp3) is 0.538. The molecule has 1 atom stereocenters. The molecule has 1 N–H and O–H groups in total. The number of likely N-dealkylation sites (N-methyl/N-ethyl adjacent to an activating group) is 1. The van der Waals surface area contributed by atoms with Crippen LogP contribution in [0.5, 0.6) is 5.75 Å². The second-order valence-electron chi connectivity index (χ2n) is 4.03. The normalized spacial score (nSPS) is 12.5. The van der Waals surface area contributed by atoms with Gasteiger partial charge in [0, 0.05) is 6.54 Å². The van der Waals surface area contributed by atoms with Crippen LogP contribution in [-0.4, -0.2) is 19.7 Å². The van der Waals surface area contributed by atoms with Gasteiger partial charge in [0.15, 0.2) is 0 Å². The predicted molar refractivity (Wildman–Crippen MR) is 64.5 cm³/mol. The minimum atomic E-state index is 0.260. The summed E-state index contributed by atoms with van der Waals surface area (Å²) in [7, 11) is 1.95. The molecule has 0 bridgehead atoms. The molecular formula is C13H21NO. The summed E-state index contributed by atoms with van der Waals surface area (Å²) in [5.74, 6) is 0.981. The molecule has 0 aliphatic rings. The first-order chi connectivity index (χ1) is 7.15. The number of aryl methyl sites for hydroxylation is 2. The van der Waals surface area contributed by atoms with E-state index in [9.17, 15) is 0 Å². The van der Waals surface area contributed by atoms with Crippen molar-refractivity contribution in [1.82, 2.24) is 5.32 Å². The van der Waals surface area contributed by atoms with Crippen LogP contribution in [0.15, 0.2) is 18.2 Å². The molecule has 2 nitrogen and oxygen atoms in total. The van der Waals surface area contributed by atoms with Gasteiger partial charge in [-0.15, -0.1) is 0 Å². The highest BCUT2D eigenvalue weighted by molar-refractivity contribution is 5.33. The molecule has 0 aromatic heterocycles. The van der Waals surface area contributed by atoms with Crippen LogP contribution in [0.1, 0.15) is 24.5 Å². The lowest BCUT2D eigenvalue weighted by Crippen LogP contribution is -2.28. The first kappa shape index (κ1) is 12.1. The SMILES string of the molecule is CCC(CNC)Oc1cc(C)cc(C)c1. The minimum Gasteiger partial charge on any atom is -0.489 e. The van der Waals surface area contributed by atoms with Crippen LogP contribution in [0.25, 0.3) is 0 Å². The summed E-state index contributed by atoms with van der Waals surface area (Å²) in [5, 5.41) is 3.14. The van der Waals surface area contributed by atoms with E-state index in [0.717, 1.165) is 18.7 Å². The van der Waals surface area contributed by atoms with E-state index in [1.807, 2.05) is 7.05 Å². The van der Waals surface area contributed by atoms with E-state index in [4.69, 9.17) is 4.74 Å². The number of rotatable bonds is 5. The summed E-state index contributed by atoms with van der Waals surface area (Å²) < 4.78 is 5.90. The van der Waals surface area contributed by atoms with Crippen molar-refractivity contribution in [2.45, 2.75) is 33.3 Å². The molecule has 0 spiro atoms. The Morgan fingerprint density at radius 2 is 1.80 bits per heavy atom. The summed E-state index contributed by atoms with van der Waals surface area (Å²) in [6.07, 6.45) is 1.28. The van der Waals surface area contributed by atoms with Crippen LogP contribution in [0.2, 0.25) is 0 Å². The molecule has 0 fully saturated rings. The molecule has 0 saturated carbocycles. The van der Waals surface area contributed by atoms with Gasteiger partial charge < -0.3 is 10.1 Å². The monoisotopic (exact) mass is 207 g/mol. The second-order valence-corrected chi connectivity index (χ2v) is 4.03. The molecule has 0 aliphatic heterocycles. The first-order valence-corrected chi connectivity index (χ1v) is 5.55. The third kappa shape index (κ3) is 3.92. The van der Waals surface area contributed by atoms with Crippen LogP contribution in [-0.2, 0) is 0 Å². The molecule has 2 heteroatoms. The van der Waals surface area contributed by atoms with Crippen LogP contribution in [0.4, 0.5) is 0 Å². The molecular weight excluding hydrogens is 186 g/mol. The van der Waals surface area contributed by atoms with E-state index in [2.05, 4.69) is 44.3 Å². The van der Waals surface area contributed by atoms with Crippen LogP contribution >= 0.6 is 0 Å². The second kappa shape index (κ2) is 5.76. The molecule has 1 aromatic rings. The smallest absolute Gasteiger partial charge is 0.120 e. The van der Waals surface area contributed by atoms with Crippen molar-refractivity contribution in [2.75, 3.05) is 13.6 Å². The molecule has 0 radical (unpaired) electrons. The summed E-state index contributed by atoms with van der Waals surface area (Å²) in [6.45, 7) is 7.23. The molecule has 0 aliphatic carbocycles. The van der Waals surface area contributed by atoms with Crippen molar-refractivity contribution < 1.29 is 4.74 Å². The van der Waals surface area contributed by atoms with Crippen molar-refractivity contribution in [3.05, 3.63) is 29.3 Å². The van der Waals surface area contributed by atoms with Crippen LogP contribution in [0.3, 0.4) is 0 Å². The van der Waals surface area contributed by atoms with Gasteiger partial charge in [0.05, 0.1) is 0 Å². The van der Waals surface area contributed by atoms with Gasteiger partial charge in [0.1, 0.15) is 11.9 Å². The Bertz CT molecular complexity index is 289. The lowest BCUT2D eigenvalue weighted by atomic mass is 10.1. The number of benzene rings is 1. The molecule has 1 rings (SSSR count). The van der Waals surface area contributed by atoms with Crippen LogP contribution in [0, 0.1) is 13.8 Å². The largest absolute Gasteiger partial charge is 0.489 e. The molecule has 0 saturated heterocycles. The van der Waals surface area contributed by atoms with Gasteiger partial charge in [-0.3, -0.25) is 0 Å². The van der Waals surface area contributed by atoms with E-state index in [0.29, 0.717) is 0 Å². The zero-order valence-corrected chi connectivity index (χ0v) is 10.1. The van der Waals surface area contributed by atoms with Gasteiger partial charge in [0.25, 0.3) is 0 Å². The third-order valence-corrected chi connectivity index (χ3v) is 2.39. The highest BCUT2D eigenvalue weighted by Crippen LogP contribution is 2.18. The van der Waals surface area contributed by atoms with E-state index >= 15 is 0 Å². The highest BCUT2D eigenvalue weighted by Gasteiger charge is 2.06. The van der Waals surface area contributed by atoms with Crippen molar-refractivity contribution in [2.24, 2.45) is 0 Å². The van der Waals surface area contributed by atoms with Crippen molar-refractivity contribution in [3.8, 4) is 5.75 Å². The first-order valence-electron chi connectivity index (χ1n) is 5.55. The lowest BCUT2D eigenvalue weighted by molar-refractivity contribution is 0.196. The maximum atomic E-state index is 5.90. The van der Waals surface area contributed by atoms with Gasteiger partial charge in [-0.25, -0.2) is 0 Å². The number of hydrogen-bond acceptors (Lipinski definition) is 2. The summed E-state index contributed by atoms with van der Waals surface area (Å²) in [6, 6.07) is 6.34. The van der Waals surface area contributed by atoms with E-state index in [1.165, 1.54) is 11.1 Å². The molecule has 15 heavy (non-hydrogen) atoms. The zero-order chi connectivity index (χ0) is 11.3. The molecule has 1 aromatic carbocycles. The fourth-order valence-corrected chi connectivity index (χ4v) is 1.69. The third-order valence-electron chi connectivity index (χ3n) is 2.39. The Morgan fingerprint density at radius 1 is 1.20 bits per heavy atom. The van der Waals surface area contributed by atoms with E-state index in [1.54, 1.807) is 0 Å². The van der Waals surface area contributed by atoms with Crippen molar-refractivity contribution in [3.63, 3.8) is 0 Å². The van der Waals surface area contributed by atoms with Gasteiger partial charge in [0.2, 0.25) is 0 Å². The topological polar surface area (TPSA) is 21.3 Å². The predicted octanol–water partition coefficient (Wildman–Crippen LogP) is 2.68. The molecule has 84 valence electrons. The van der Waals surface area contributed by atoms with E-state index in [-0.39, 0.29) is 6.10 Å². The van der Waals surface area contributed by atoms with Gasteiger partial charge in [-0.2, -0.15) is 0 Å². The minimum absolute atomic E-state index is 0.260. The Labute approximate surface area is 92.6 Å². The standard InChI is InChI=1S/C13H21NO/c1-5-12(9-14-4)15-13-7-10(2)6-11(3)8-13/h6-8,12,14H,5,9H2,1-4H3. The Morgan fingerprint density at radius 3 is 2.27 bits per heavy atom. The Kier molecular flexibility index (Phi) is 4.63. The quantitative estimate of drug-likeness (QED) is 0.801. The number of nitrogens with one attached hydrogen (secondary N) is 1. The van der Waals surface area contributed by atoms with Gasteiger partial charge in [-0.1, -0.05) is 13.0 Å². The number of ether oxygens (including phenoxy) is 1. The van der Waals surface area contributed by atoms with E-state index < -0.39 is 0 Å². The number of hydrogen-bond donors (Lipinski definition) is 1. The molecule has 0 amide bonds. The Balaban J connectivity index is 2.69. The maximum absolute atomic E-state index is 5.90. The zero-order valence-electron chi connectivity index (χ0n) is 10.1. The van der Waals surface area contributed by atoms with Crippen molar-refractivity contribution >= 4 is 0 Å². The fourth-order valence-electron chi connectivity index (χ4n) is 1.69. The molecule has 1 unspecified atom stereocenters. The maximum Gasteiger partial charge on any atom is 0.120 e. The summed E-state index contributed by atoms with van der Waals surface area (Å²) in [4.78, 5) is 0. The van der Waals surface area contributed by atoms with Crippen molar-refractivity contribution in [1.29, 1.82) is 0 Å². The summed E-state index contributed by atoms with van der Waals surface area (Å²) in [5.41, 5.74) is 2.51. The highest BCUT2D eigenvalue weighted by atomic mass is 16.5. The average molecular weight is 207 g/mol. The van der Waals surface area contributed by atoms with Crippen LogP contribution < -0.4 is 10.1 Å². The lowest BCUT2D eigenvalue weighted by Gasteiger charge is -2.17. The van der Waals surface area contributed by atoms with Gasteiger partial charge >= 0.3 is 0 Å².